The molecule has 1 amide bonds. The van der Waals surface area contributed by atoms with Crippen LogP contribution in [0, 0.1) is 0 Å². The molecule has 3 nitrogen and oxygen atoms in total. The lowest BCUT2D eigenvalue weighted by molar-refractivity contribution is 0.0832. The molecule has 0 N–H and O–H groups in total. The SMILES string of the molecule is CN1CCSc2sc(C(=O)N(C)C)cc2C1. The van der Waals surface area contributed by atoms with Gasteiger partial charge in [-0.1, -0.05) is 0 Å². The molecular formula is C11H16N2OS2. The van der Waals surface area contributed by atoms with Gasteiger partial charge in [0.15, 0.2) is 0 Å². The Balaban J connectivity index is 2.26. The fraction of sp³-hybridized carbons (Fsp3) is 0.545. The summed E-state index contributed by atoms with van der Waals surface area (Å²) < 4.78 is 1.31. The molecule has 0 atom stereocenters. The first kappa shape index (κ1) is 12.0. The van der Waals surface area contributed by atoms with Gasteiger partial charge in [-0.2, -0.15) is 0 Å². The van der Waals surface area contributed by atoms with Crippen molar-refractivity contribution in [1.29, 1.82) is 0 Å². The van der Waals surface area contributed by atoms with Crippen molar-refractivity contribution in [3.63, 3.8) is 0 Å². The predicted molar refractivity (Wildman–Crippen MR) is 69.4 cm³/mol. The molecule has 0 bridgehead atoms. The van der Waals surface area contributed by atoms with E-state index in [-0.39, 0.29) is 5.91 Å². The highest BCUT2D eigenvalue weighted by atomic mass is 32.2. The van der Waals surface area contributed by atoms with Crippen LogP contribution in [-0.4, -0.2) is 49.1 Å². The quantitative estimate of drug-likeness (QED) is 0.768. The summed E-state index contributed by atoms with van der Waals surface area (Å²) in [5, 5.41) is 0. The normalized spacial score (nSPS) is 16.7. The van der Waals surface area contributed by atoms with Crippen LogP contribution in [0.5, 0.6) is 0 Å². The molecule has 2 rings (SSSR count). The van der Waals surface area contributed by atoms with Gasteiger partial charge in [0, 0.05) is 32.9 Å². The molecule has 0 unspecified atom stereocenters. The minimum atomic E-state index is 0.112. The average molecular weight is 256 g/mol. The lowest BCUT2D eigenvalue weighted by Gasteiger charge is -2.11. The number of thiophene rings is 1. The minimum absolute atomic E-state index is 0.112. The Morgan fingerprint density at radius 1 is 1.50 bits per heavy atom. The van der Waals surface area contributed by atoms with Gasteiger partial charge in [0.1, 0.15) is 0 Å². The highest BCUT2D eigenvalue weighted by Crippen LogP contribution is 2.35. The van der Waals surface area contributed by atoms with Gasteiger partial charge in [-0.25, -0.2) is 0 Å². The molecule has 0 aromatic carbocycles. The highest BCUT2D eigenvalue weighted by Gasteiger charge is 2.19. The zero-order chi connectivity index (χ0) is 11.7. The van der Waals surface area contributed by atoms with E-state index in [4.69, 9.17) is 0 Å². The number of thioether (sulfide) groups is 1. The lowest BCUT2D eigenvalue weighted by atomic mass is 10.3. The number of fused-ring (bicyclic) bond motifs is 1. The molecular weight excluding hydrogens is 240 g/mol. The van der Waals surface area contributed by atoms with Gasteiger partial charge in [0.25, 0.3) is 5.91 Å². The predicted octanol–water partition coefficient (Wildman–Crippen LogP) is 1.99. The monoisotopic (exact) mass is 256 g/mol. The van der Waals surface area contributed by atoms with Gasteiger partial charge in [-0.15, -0.1) is 23.1 Å². The first-order valence-electron chi connectivity index (χ1n) is 5.23. The number of amides is 1. The van der Waals surface area contributed by atoms with Crippen molar-refractivity contribution in [3.8, 4) is 0 Å². The molecule has 0 saturated carbocycles. The van der Waals surface area contributed by atoms with Crippen LogP contribution in [0.15, 0.2) is 10.3 Å². The molecule has 1 aliphatic rings. The summed E-state index contributed by atoms with van der Waals surface area (Å²) in [7, 11) is 5.72. The molecule has 0 radical (unpaired) electrons. The third-order valence-corrected chi connectivity index (χ3v) is 5.01. The Morgan fingerprint density at radius 3 is 2.94 bits per heavy atom. The Hall–Kier alpha value is -0.520. The van der Waals surface area contributed by atoms with Gasteiger partial charge in [-0.05, 0) is 18.7 Å². The van der Waals surface area contributed by atoms with E-state index in [0.717, 1.165) is 23.7 Å². The molecule has 1 aromatic rings. The summed E-state index contributed by atoms with van der Waals surface area (Å²) in [4.78, 5) is 16.6. The van der Waals surface area contributed by atoms with Gasteiger partial charge < -0.3 is 9.80 Å². The maximum absolute atomic E-state index is 11.8. The van der Waals surface area contributed by atoms with Crippen molar-refractivity contribution in [3.05, 3.63) is 16.5 Å². The first-order valence-corrected chi connectivity index (χ1v) is 7.04. The van der Waals surface area contributed by atoms with Crippen molar-refractivity contribution in [1.82, 2.24) is 9.80 Å². The second-order valence-corrected chi connectivity index (χ2v) is 6.62. The van der Waals surface area contributed by atoms with Crippen LogP contribution < -0.4 is 0 Å². The molecule has 0 aliphatic carbocycles. The maximum Gasteiger partial charge on any atom is 0.263 e. The highest BCUT2D eigenvalue weighted by molar-refractivity contribution is 8.01. The van der Waals surface area contributed by atoms with Crippen LogP contribution in [0.4, 0.5) is 0 Å². The molecule has 88 valence electrons. The smallest absolute Gasteiger partial charge is 0.263 e. The van der Waals surface area contributed by atoms with Crippen molar-refractivity contribution >= 4 is 29.0 Å². The number of nitrogens with zero attached hydrogens (tertiary/aromatic N) is 2. The topological polar surface area (TPSA) is 23.6 Å². The number of rotatable bonds is 1. The van der Waals surface area contributed by atoms with Crippen LogP contribution >= 0.6 is 23.1 Å². The van der Waals surface area contributed by atoms with E-state index in [1.807, 2.05) is 11.8 Å². The molecule has 1 aromatic heterocycles. The van der Waals surface area contributed by atoms with E-state index >= 15 is 0 Å². The lowest BCUT2D eigenvalue weighted by Crippen LogP contribution is -2.21. The summed E-state index contributed by atoms with van der Waals surface area (Å²) in [6.07, 6.45) is 0. The summed E-state index contributed by atoms with van der Waals surface area (Å²) >= 11 is 3.50. The fourth-order valence-corrected chi connectivity index (χ4v) is 4.21. The zero-order valence-electron chi connectivity index (χ0n) is 9.82. The number of carbonyl (C=O) groups is 1. The summed E-state index contributed by atoms with van der Waals surface area (Å²) in [6.45, 7) is 2.07. The minimum Gasteiger partial charge on any atom is -0.344 e. The number of hydrogen-bond acceptors (Lipinski definition) is 4. The van der Waals surface area contributed by atoms with Gasteiger partial charge in [0.2, 0.25) is 0 Å². The standard InChI is InChI=1S/C11H16N2OS2/c1-12(2)10(14)9-6-8-7-13(3)4-5-15-11(8)16-9/h6H,4-5,7H2,1-3H3. The van der Waals surface area contributed by atoms with Crippen LogP contribution in [-0.2, 0) is 6.54 Å². The van der Waals surface area contributed by atoms with E-state index in [9.17, 15) is 4.79 Å². The van der Waals surface area contributed by atoms with Crippen LogP contribution in [0.3, 0.4) is 0 Å². The second-order valence-electron chi connectivity index (χ2n) is 4.21. The summed E-state index contributed by atoms with van der Waals surface area (Å²) in [5.41, 5.74) is 1.31. The third-order valence-electron chi connectivity index (χ3n) is 2.53. The second kappa shape index (κ2) is 4.77. The Labute approximate surface area is 104 Å². The average Bonchev–Trinajstić information content (AvgIpc) is 2.52. The molecule has 5 heteroatoms. The molecule has 0 spiro atoms. The third kappa shape index (κ3) is 2.42. The van der Waals surface area contributed by atoms with Crippen LogP contribution in [0.25, 0.3) is 0 Å². The molecule has 2 heterocycles. The van der Waals surface area contributed by atoms with Crippen molar-refractivity contribution in [2.45, 2.75) is 10.8 Å². The largest absolute Gasteiger partial charge is 0.344 e. The van der Waals surface area contributed by atoms with Gasteiger partial charge >= 0.3 is 0 Å². The fourth-order valence-electron chi connectivity index (χ4n) is 1.63. The first-order chi connectivity index (χ1) is 7.58. The van der Waals surface area contributed by atoms with Crippen LogP contribution in [0.1, 0.15) is 15.2 Å². The van der Waals surface area contributed by atoms with Gasteiger partial charge in [-0.3, -0.25) is 4.79 Å². The van der Waals surface area contributed by atoms with E-state index in [1.165, 1.54) is 9.77 Å². The van der Waals surface area contributed by atoms with E-state index in [2.05, 4.69) is 18.0 Å². The summed E-state index contributed by atoms with van der Waals surface area (Å²) in [6, 6.07) is 2.05. The summed E-state index contributed by atoms with van der Waals surface area (Å²) in [5.74, 6) is 1.22. The number of hydrogen-bond donors (Lipinski definition) is 0. The van der Waals surface area contributed by atoms with E-state index in [0.29, 0.717) is 0 Å². The Bertz CT molecular complexity index is 401. The van der Waals surface area contributed by atoms with E-state index < -0.39 is 0 Å². The molecule has 16 heavy (non-hydrogen) atoms. The Kier molecular flexibility index (Phi) is 3.56. The molecule has 0 fully saturated rings. The van der Waals surface area contributed by atoms with Crippen molar-refractivity contribution in [2.24, 2.45) is 0 Å². The van der Waals surface area contributed by atoms with E-state index in [1.54, 1.807) is 30.3 Å². The maximum atomic E-state index is 11.8. The van der Waals surface area contributed by atoms with Crippen molar-refractivity contribution in [2.75, 3.05) is 33.4 Å². The zero-order valence-corrected chi connectivity index (χ0v) is 11.5. The van der Waals surface area contributed by atoms with Crippen LogP contribution in [0.2, 0.25) is 0 Å². The molecule has 0 saturated heterocycles. The molecule has 1 aliphatic heterocycles. The van der Waals surface area contributed by atoms with Gasteiger partial charge in [0.05, 0.1) is 9.09 Å². The Morgan fingerprint density at radius 2 is 2.25 bits per heavy atom. The number of carbonyl (C=O) groups excluding carboxylic acids is 1. The van der Waals surface area contributed by atoms with Crippen molar-refractivity contribution < 1.29 is 4.79 Å².